The Hall–Kier alpha value is -2.44. The summed E-state index contributed by atoms with van der Waals surface area (Å²) >= 11 is 0. The fourth-order valence-corrected chi connectivity index (χ4v) is 3.18. The molecular weight excluding hydrogens is 334 g/mol. The van der Waals surface area contributed by atoms with Crippen LogP contribution in [0, 0.1) is 10.8 Å². The zero-order valence-corrected chi connectivity index (χ0v) is 15.9. The Morgan fingerprint density at radius 2 is 2.00 bits per heavy atom. The number of hydrogen-bond donors (Lipinski definition) is 0. The van der Waals surface area contributed by atoms with Gasteiger partial charge in [-0.25, -0.2) is 14.7 Å². The van der Waals surface area contributed by atoms with Crippen LogP contribution in [0.15, 0.2) is 23.5 Å². The van der Waals surface area contributed by atoms with Gasteiger partial charge >= 0.3 is 6.09 Å². The normalized spacial score (nSPS) is 18.5. The van der Waals surface area contributed by atoms with Crippen molar-refractivity contribution in [2.24, 2.45) is 11.2 Å². The SMILES string of the molecule is CC(C)(C)OC(=O)N1C(=O)C(C)(C)c2cccc(N(CC3CC3)N=O)c21. The van der Waals surface area contributed by atoms with Gasteiger partial charge in [-0.2, -0.15) is 0 Å². The summed E-state index contributed by atoms with van der Waals surface area (Å²) in [5.41, 5.74) is -0.0758. The quantitative estimate of drug-likeness (QED) is 0.596. The first-order valence-electron chi connectivity index (χ1n) is 8.88. The third-order valence-corrected chi connectivity index (χ3v) is 4.73. The number of imide groups is 1. The maximum Gasteiger partial charge on any atom is 0.421 e. The minimum Gasteiger partial charge on any atom is -0.443 e. The van der Waals surface area contributed by atoms with E-state index in [0.29, 0.717) is 29.4 Å². The fourth-order valence-electron chi connectivity index (χ4n) is 3.18. The molecule has 3 rings (SSSR count). The van der Waals surface area contributed by atoms with E-state index in [1.165, 1.54) is 5.01 Å². The molecule has 0 unspecified atom stereocenters. The number of nitroso groups, excluding NO2 is 1. The van der Waals surface area contributed by atoms with E-state index in [4.69, 9.17) is 4.74 Å². The predicted octanol–water partition coefficient (Wildman–Crippen LogP) is 4.14. The summed E-state index contributed by atoms with van der Waals surface area (Å²) < 4.78 is 5.44. The molecule has 0 saturated heterocycles. The van der Waals surface area contributed by atoms with Gasteiger partial charge in [0.05, 0.1) is 22.1 Å². The molecule has 140 valence electrons. The summed E-state index contributed by atoms with van der Waals surface area (Å²) in [6.45, 7) is 9.25. The monoisotopic (exact) mass is 359 g/mol. The van der Waals surface area contributed by atoms with Crippen molar-refractivity contribution in [3.05, 3.63) is 28.7 Å². The van der Waals surface area contributed by atoms with E-state index in [2.05, 4.69) is 5.29 Å². The lowest BCUT2D eigenvalue weighted by Gasteiger charge is -2.26. The first kappa shape index (κ1) is 18.4. The van der Waals surface area contributed by atoms with Gasteiger partial charge < -0.3 is 4.74 Å². The Balaban J connectivity index is 2.09. The van der Waals surface area contributed by atoms with Crippen molar-refractivity contribution in [1.82, 2.24) is 0 Å². The van der Waals surface area contributed by atoms with Crippen LogP contribution < -0.4 is 9.91 Å². The molecule has 2 aliphatic rings. The summed E-state index contributed by atoms with van der Waals surface area (Å²) in [4.78, 5) is 38.3. The van der Waals surface area contributed by atoms with Crippen molar-refractivity contribution in [2.45, 2.75) is 58.5 Å². The van der Waals surface area contributed by atoms with Gasteiger partial charge in [0.15, 0.2) is 0 Å². The van der Waals surface area contributed by atoms with Gasteiger partial charge in [0.1, 0.15) is 5.60 Å². The molecule has 1 aliphatic carbocycles. The average molecular weight is 359 g/mol. The molecule has 0 bridgehead atoms. The third kappa shape index (κ3) is 3.18. The van der Waals surface area contributed by atoms with Crippen LogP contribution in [-0.4, -0.2) is 24.1 Å². The minimum atomic E-state index is -0.892. The van der Waals surface area contributed by atoms with E-state index in [9.17, 15) is 14.5 Å². The molecule has 1 fully saturated rings. The van der Waals surface area contributed by atoms with Crippen LogP contribution >= 0.6 is 0 Å². The van der Waals surface area contributed by atoms with E-state index in [1.807, 2.05) is 0 Å². The molecule has 1 heterocycles. The first-order valence-corrected chi connectivity index (χ1v) is 8.88. The number of carbonyl (C=O) groups is 2. The number of anilines is 2. The zero-order chi connectivity index (χ0) is 19.3. The summed E-state index contributed by atoms with van der Waals surface area (Å²) in [6, 6.07) is 5.31. The highest BCUT2D eigenvalue weighted by Gasteiger charge is 2.50. The van der Waals surface area contributed by atoms with Crippen molar-refractivity contribution in [3.63, 3.8) is 0 Å². The van der Waals surface area contributed by atoms with E-state index in [0.717, 1.165) is 17.7 Å². The Labute approximate surface area is 153 Å². The molecule has 7 heteroatoms. The number of ether oxygens (including phenoxy) is 1. The summed E-state index contributed by atoms with van der Waals surface area (Å²) in [5, 5.41) is 4.50. The van der Waals surface area contributed by atoms with Crippen LogP contribution in [0.3, 0.4) is 0 Å². The molecule has 1 aromatic carbocycles. The number of rotatable bonds is 4. The lowest BCUT2D eigenvalue weighted by molar-refractivity contribution is -0.121. The second kappa shape index (κ2) is 6.07. The van der Waals surface area contributed by atoms with Crippen LogP contribution in [0.1, 0.15) is 53.0 Å². The molecule has 1 aliphatic heterocycles. The van der Waals surface area contributed by atoms with Crippen molar-refractivity contribution >= 4 is 23.4 Å². The van der Waals surface area contributed by atoms with Gasteiger partial charge in [0.25, 0.3) is 0 Å². The van der Waals surface area contributed by atoms with Crippen LogP contribution in [0.25, 0.3) is 0 Å². The van der Waals surface area contributed by atoms with Gasteiger partial charge in [-0.15, -0.1) is 4.91 Å². The van der Waals surface area contributed by atoms with Crippen LogP contribution in [0.2, 0.25) is 0 Å². The van der Waals surface area contributed by atoms with Crippen molar-refractivity contribution in [2.75, 3.05) is 16.5 Å². The Bertz CT molecular complexity index is 763. The highest BCUT2D eigenvalue weighted by atomic mass is 16.6. The Morgan fingerprint density at radius 3 is 2.54 bits per heavy atom. The summed E-state index contributed by atoms with van der Waals surface area (Å²) in [6.07, 6.45) is 1.38. The van der Waals surface area contributed by atoms with Gasteiger partial charge in [-0.1, -0.05) is 12.1 Å². The zero-order valence-electron chi connectivity index (χ0n) is 15.9. The molecule has 0 atom stereocenters. The molecule has 0 spiro atoms. The van der Waals surface area contributed by atoms with Gasteiger partial charge in [-0.05, 0) is 65.0 Å². The summed E-state index contributed by atoms with van der Waals surface area (Å²) in [7, 11) is 0. The van der Waals surface area contributed by atoms with E-state index >= 15 is 0 Å². The fraction of sp³-hybridized carbons (Fsp3) is 0.579. The van der Waals surface area contributed by atoms with E-state index in [1.54, 1.807) is 52.8 Å². The molecule has 26 heavy (non-hydrogen) atoms. The number of amides is 2. The molecule has 2 amide bonds. The maximum absolute atomic E-state index is 13.0. The number of carbonyl (C=O) groups excluding carboxylic acids is 2. The predicted molar refractivity (Wildman–Crippen MR) is 99.1 cm³/mol. The second-order valence-corrected chi connectivity index (χ2v) is 8.53. The molecule has 0 N–H and O–H groups in total. The van der Waals surface area contributed by atoms with Crippen molar-refractivity contribution < 1.29 is 14.3 Å². The van der Waals surface area contributed by atoms with Gasteiger partial charge in [-0.3, -0.25) is 4.79 Å². The lowest BCUT2D eigenvalue weighted by Crippen LogP contribution is -2.43. The number of benzene rings is 1. The molecular formula is C19H25N3O4. The molecule has 1 saturated carbocycles. The Kier molecular flexibility index (Phi) is 4.29. The maximum atomic E-state index is 13.0. The van der Waals surface area contributed by atoms with Crippen LogP contribution in [0.4, 0.5) is 16.2 Å². The highest BCUT2D eigenvalue weighted by molar-refractivity contribution is 6.22. The molecule has 1 aromatic rings. The second-order valence-electron chi connectivity index (χ2n) is 8.53. The Morgan fingerprint density at radius 1 is 1.35 bits per heavy atom. The highest BCUT2D eigenvalue weighted by Crippen LogP contribution is 2.48. The molecule has 0 aromatic heterocycles. The van der Waals surface area contributed by atoms with Gasteiger partial charge in [0.2, 0.25) is 5.91 Å². The standard InChI is InChI=1S/C19H25N3O4/c1-18(2,3)26-17(24)22-15-13(19(4,5)16(22)23)7-6-8-14(15)21(20-25)11-12-9-10-12/h6-8,12H,9-11H2,1-5H3. The topological polar surface area (TPSA) is 79.3 Å². The van der Waals surface area contributed by atoms with Crippen LogP contribution in [0.5, 0.6) is 0 Å². The number of fused-ring (bicyclic) bond motifs is 1. The summed E-state index contributed by atoms with van der Waals surface area (Å²) in [5.74, 6) is 0.0510. The smallest absolute Gasteiger partial charge is 0.421 e. The van der Waals surface area contributed by atoms with Crippen molar-refractivity contribution in [3.8, 4) is 0 Å². The number of para-hydroxylation sites is 1. The van der Waals surface area contributed by atoms with Gasteiger partial charge in [0, 0.05) is 6.54 Å². The number of hydrogen-bond acceptors (Lipinski definition) is 5. The average Bonchev–Trinajstić information content (AvgIpc) is 3.31. The lowest BCUT2D eigenvalue weighted by atomic mass is 9.86. The molecule has 0 radical (unpaired) electrons. The number of nitrogens with zero attached hydrogens (tertiary/aromatic N) is 3. The minimum absolute atomic E-state index is 0.369. The molecule has 7 nitrogen and oxygen atoms in total. The van der Waals surface area contributed by atoms with E-state index < -0.39 is 17.1 Å². The van der Waals surface area contributed by atoms with E-state index in [-0.39, 0.29) is 5.91 Å². The largest absolute Gasteiger partial charge is 0.443 e. The third-order valence-electron chi connectivity index (χ3n) is 4.73. The van der Waals surface area contributed by atoms with Crippen molar-refractivity contribution in [1.29, 1.82) is 0 Å². The first-order chi connectivity index (χ1) is 12.1. The van der Waals surface area contributed by atoms with Crippen LogP contribution in [-0.2, 0) is 14.9 Å².